The Kier molecular flexibility index (Phi) is 3.03. The van der Waals surface area contributed by atoms with Crippen molar-refractivity contribution < 1.29 is 9.53 Å². The molecular formula is C10H18N2O2. The van der Waals surface area contributed by atoms with E-state index >= 15 is 0 Å². The Hall–Kier alpha value is -0.610. The third-order valence-corrected chi connectivity index (χ3v) is 3.17. The first-order valence-electron chi connectivity index (χ1n) is 5.42. The minimum absolute atomic E-state index is 0.156. The van der Waals surface area contributed by atoms with E-state index in [-0.39, 0.29) is 18.6 Å². The number of amides is 1. The summed E-state index contributed by atoms with van der Waals surface area (Å²) in [6.45, 7) is 1.64. The molecule has 2 rings (SSSR count). The zero-order valence-corrected chi connectivity index (χ0v) is 8.45. The molecule has 14 heavy (non-hydrogen) atoms. The predicted molar refractivity (Wildman–Crippen MR) is 52.8 cm³/mol. The van der Waals surface area contributed by atoms with Gasteiger partial charge in [0.1, 0.15) is 6.61 Å². The maximum atomic E-state index is 11.5. The molecule has 1 unspecified atom stereocenters. The van der Waals surface area contributed by atoms with Crippen molar-refractivity contribution in [3.05, 3.63) is 0 Å². The summed E-state index contributed by atoms with van der Waals surface area (Å²) in [7, 11) is 0. The van der Waals surface area contributed by atoms with E-state index in [1.807, 2.05) is 4.90 Å². The number of carbonyl (C=O) groups excluding carboxylic acids is 1. The van der Waals surface area contributed by atoms with Crippen LogP contribution in [0.3, 0.4) is 0 Å². The largest absolute Gasteiger partial charge is 0.367 e. The van der Waals surface area contributed by atoms with E-state index in [2.05, 4.69) is 0 Å². The molecule has 4 heteroatoms. The predicted octanol–water partition coefficient (Wildman–Crippen LogP) is 0.115. The summed E-state index contributed by atoms with van der Waals surface area (Å²) in [6, 6.07) is 0.492. The van der Waals surface area contributed by atoms with Gasteiger partial charge < -0.3 is 15.4 Å². The van der Waals surface area contributed by atoms with Gasteiger partial charge in [-0.05, 0) is 32.2 Å². The average Bonchev–Trinajstić information content (AvgIpc) is 2.08. The molecule has 0 aromatic carbocycles. The van der Waals surface area contributed by atoms with Crippen LogP contribution in [0.5, 0.6) is 0 Å². The van der Waals surface area contributed by atoms with Crippen LogP contribution in [0.2, 0.25) is 0 Å². The number of morpholine rings is 1. The van der Waals surface area contributed by atoms with Gasteiger partial charge in [-0.3, -0.25) is 4.79 Å². The highest BCUT2D eigenvalue weighted by molar-refractivity contribution is 5.78. The summed E-state index contributed by atoms with van der Waals surface area (Å²) in [4.78, 5) is 13.5. The highest BCUT2D eigenvalue weighted by Crippen LogP contribution is 2.27. The molecule has 1 aliphatic carbocycles. The van der Waals surface area contributed by atoms with Crippen molar-refractivity contribution in [2.75, 3.05) is 19.7 Å². The van der Waals surface area contributed by atoms with E-state index in [4.69, 9.17) is 10.5 Å². The number of nitrogens with zero attached hydrogens (tertiary/aromatic N) is 1. The fraction of sp³-hybridized carbons (Fsp3) is 0.900. The van der Waals surface area contributed by atoms with Gasteiger partial charge in [0.25, 0.3) is 0 Å². The smallest absolute Gasteiger partial charge is 0.248 e. The standard InChI is InChI=1S/C10H18N2O2/c11-5-4-9-6-12(8-2-1-3-8)10(13)7-14-9/h8-9H,1-7,11H2. The lowest BCUT2D eigenvalue weighted by molar-refractivity contribution is -0.154. The molecular weight excluding hydrogens is 180 g/mol. The van der Waals surface area contributed by atoms with Crippen LogP contribution in [0.1, 0.15) is 25.7 Å². The molecule has 80 valence electrons. The molecule has 1 atom stereocenters. The molecule has 0 bridgehead atoms. The summed E-state index contributed by atoms with van der Waals surface area (Å²) in [6.07, 6.45) is 4.62. The van der Waals surface area contributed by atoms with Crippen molar-refractivity contribution >= 4 is 5.91 Å². The zero-order chi connectivity index (χ0) is 9.97. The first-order chi connectivity index (χ1) is 6.81. The quantitative estimate of drug-likeness (QED) is 0.700. The van der Waals surface area contributed by atoms with Crippen molar-refractivity contribution in [1.29, 1.82) is 0 Å². The SMILES string of the molecule is NCCC1CN(C2CCC2)C(=O)CO1. The lowest BCUT2D eigenvalue weighted by atomic mass is 9.90. The minimum atomic E-state index is 0.156. The fourth-order valence-corrected chi connectivity index (χ4v) is 2.06. The molecule has 1 amide bonds. The lowest BCUT2D eigenvalue weighted by Gasteiger charge is -2.42. The first-order valence-corrected chi connectivity index (χ1v) is 5.42. The van der Waals surface area contributed by atoms with Crippen molar-refractivity contribution in [3.8, 4) is 0 Å². The average molecular weight is 198 g/mol. The highest BCUT2D eigenvalue weighted by Gasteiger charge is 2.33. The molecule has 1 heterocycles. The molecule has 4 nitrogen and oxygen atoms in total. The Bertz CT molecular complexity index is 216. The summed E-state index contributed by atoms with van der Waals surface area (Å²) >= 11 is 0. The Morgan fingerprint density at radius 2 is 2.29 bits per heavy atom. The summed E-state index contributed by atoms with van der Waals surface area (Å²) < 4.78 is 5.41. The van der Waals surface area contributed by atoms with Crippen LogP contribution < -0.4 is 5.73 Å². The highest BCUT2D eigenvalue weighted by atomic mass is 16.5. The van der Waals surface area contributed by atoms with Gasteiger partial charge in [-0.2, -0.15) is 0 Å². The molecule has 2 N–H and O–H groups in total. The van der Waals surface area contributed by atoms with Gasteiger partial charge >= 0.3 is 0 Å². The topological polar surface area (TPSA) is 55.6 Å². The second-order valence-electron chi connectivity index (χ2n) is 4.14. The molecule has 0 aromatic rings. The van der Waals surface area contributed by atoms with E-state index in [0.29, 0.717) is 12.6 Å². The van der Waals surface area contributed by atoms with Crippen LogP contribution in [-0.4, -0.2) is 42.6 Å². The molecule has 2 aliphatic rings. The Labute approximate surface area is 84.4 Å². The number of carbonyl (C=O) groups is 1. The van der Waals surface area contributed by atoms with E-state index in [9.17, 15) is 4.79 Å². The van der Waals surface area contributed by atoms with E-state index < -0.39 is 0 Å². The summed E-state index contributed by atoms with van der Waals surface area (Å²) in [5.41, 5.74) is 5.48. The van der Waals surface area contributed by atoms with Gasteiger partial charge in [-0.1, -0.05) is 0 Å². The number of rotatable bonds is 3. The number of hydrogen-bond acceptors (Lipinski definition) is 3. The van der Waals surface area contributed by atoms with Crippen LogP contribution in [0.4, 0.5) is 0 Å². The molecule has 1 saturated carbocycles. The zero-order valence-electron chi connectivity index (χ0n) is 8.45. The van der Waals surface area contributed by atoms with E-state index in [1.165, 1.54) is 19.3 Å². The van der Waals surface area contributed by atoms with Crippen LogP contribution in [0.15, 0.2) is 0 Å². The molecule has 0 aromatic heterocycles. The maximum Gasteiger partial charge on any atom is 0.248 e. The van der Waals surface area contributed by atoms with Crippen LogP contribution in [0.25, 0.3) is 0 Å². The van der Waals surface area contributed by atoms with Crippen LogP contribution >= 0.6 is 0 Å². The lowest BCUT2D eigenvalue weighted by Crippen LogP contribution is -2.53. The Balaban J connectivity index is 1.89. The monoisotopic (exact) mass is 198 g/mol. The van der Waals surface area contributed by atoms with Crippen molar-refractivity contribution in [1.82, 2.24) is 4.90 Å². The summed E-state index contributed by atoms with van der Waals surface area (Å²) in [5, 5.41) is 0. The van der Waals surface area contributed by atoms with Crippen LogP contribution in [-0.2, 0) is 9.53 Å². The summed E-state index contributed by atoms with van der Waals surface area (Å²) in [5.74, 6) is 0.156. The molecule has 1 aliphatic heterocycles. The molecule has 0 spiro atoms. The first kappa shape index (κ1) is 9.93. The molecule has 2 fully saturated rings. The van der Waals surface area contributed by atoms with Gasteiger partial charge in [-0.15, -0.1) is 0 Å². The van der Waals surface area contributed by atoms with Gasteiger partial charge in [0.15, 0.2) is 0 Å². The maximum absolute atomic E-state index is 11.5. The van der Waals surface area contributed by atoms with Crippen LogP contribution in [0, 0.1) is 0 Å². The van der Waals surface area contributed by atoms with Gasteiger partial charge in [0.05, 0.1) is 6.10 Å². The molecule has 1 saturated heterocycles. The number of hydrogen-bond donors (Lipinski definition) is 1. The van der Waals surface area contributed by atoms with E-state index in [0.717, 1.165) is 13.0 Å². The van der Waals surface area contributed by atoms with Gasteiger partial charge in [0, 0.05) is 12.6 Å². The van der Waals surface area contributed by atoms with Gasteiger partial charge in [0.2, 0.25) is 5.91 Å². The number of nitrogens with two attached hydrogens (primary N) is 1. The minimum Gasteiger partial charge on any atom is -0.367 e. The Morgan fingerprint density at radius 1 is 1.50 bits per heavy atom. The second-order valence-corrected chi connectivity index (χ2v) is 4.14. The number of ether oxygens (including phenoxy) is 1. The third kappa shape index (κ3) is 1.91. The normalized spacial score (nSPS) is 29.1. The van der Waals surface area contributed by atoms with Crippen molar-refractivity contribution in [2.24, 2.45) is 5.73 Å². The van der Waals surface area contributed by atoms with Gasteiger partial charge in [-0.25, -0.2) is 0 Å². The second kappa shape index (κ2) is 4.28. The third-order valence-electron chi connectivity index (χ3n) is 3.17. The van der Waals surface area contributed by atoms with Crippen molar-refractivity contribution in [3.63, 3.8) is 0 Å². The van der Waals surface area contributed by atoms with E-state index in [1.54, 1.807) is 0 Å². The molecule has 0 radical (unpaired) electrons. The van der Waals surface area contributed by atoms with Crippen molar-refractivity contribution in [2.45, 2.75) is 37.8 Å². The fourth-order valence-electron chi connectivity index (χ4n) is 2.06. The Morgan fingerprint density at radius 3 is 2.86 bits per heavy atom.